The van der Waals surface area contributed by atoms with Crippen molar-refractivity contribution < 1.29 is 14.3 Å². The first kappa shape index (κ1) is 26.1. The number of furan rings is 1. The number of benzene rings is 5. The second-order valence-electron chi connectivity index (χ2n) is 10.3. The number of carbonyl (C=O) groups is 1. The molecule has 0 aliphatic heterocycles. The number of carboxylic acid groups (broad SMARTS) is 1. The molecule has 0 aliphatic carbocycles. The molecule has 1 N–H and O–H groups in total. The van der Waals surface area contributed by atoms with E-state index >= 15 is 0 Å². The Kier molecular flexibility index (Phi) is 7.59. The third-order valence-electron chi connectivity index (χ3n) is 7.43. The predicted octanol–water partition coefficient (Wildman–Crippen LogP) is 9.31. The first-order valence-electron chi connectivity index (χ1n) is 13.8. The topological polar surface area (TPSA) is 50.4 Å². The molecule has 5 aromatic carbocycles. The molecule has 0 radical (unpaired) electrons. The van der Waals surface area contributed by atoms with Gasteiger partial charge in [-0.05, 0) is 45.9 Å². The molecular formula is C38H30O3. The van der Waals surface area contributed by atoms with E-state index in [0.29, 0.717) is 6.42 Å². The van der Waals surface area contributed by atoms with Crippen LogP contribution in [0.15, 0.2) is 144 Å². The van der Waals surface area contributed by atoms with Crippen LogP contribution >= 0.6 is 0 Å². The van der Waals surface area contributed by atoms with E-state index < -0.39 is 11.9 Å². The summed E-state index contributed by atoms with van der Waals surface area (Å²) in [7, 11) is 0. The van der Waals surface area contributed by atoms with Gasteiger partial charge in [0.2, 0.25) is 0 Å². The molecule has 6 aromatic rings. The van der Waals surface area contributed by atoms with Crippen LogP contribution in [0.3, 0.4) is 0 Å². The van der Waals surface area contributed by atoms with Gasteiger partial charge in [0.1, 0.15) is 11.3 Å². The lowest BCUT2D eigenvalue weighted by atomic mass is 9.96. The Morgan fingerprint density at radius 2 is 1.22 bits per heavy atom. The van der Waals surface area contributed by atoms with E-state index in [1.54, 1.807) is 6.08 Å². The molecule has 200 valence electrons. The molecular weight excluding hydrogens is 504 g/mol. The van der Waals surface area contributed by atoms with Crippen molar-refractivity contribution in [3.05, 3.63) is 162 Å². The zero-order valence-corrected chi connectivity index (χ0v) is 22.6. The van der Waals surface area contributed by atoms with Crippen LogP contribution in [0.5, 0.6) is 0 Å². The van der Waals surface area contributed by atoms with Crippen molar-refractivity contribution in [1.82, 2.24) is 0 Å². The zero-order valence-electron chi connectivity index (χ0n) is 22.6. The van der Waals surface area contributed by atoms with Crippen LogP contribution in [0.4, 0.5) is 0 Å². The highest BCUT2D eigenvalue weighted by atomic mass is 16.4. The fourth-order valence-electron chi connectivity index (χ4n) is 5.27. The van der Waals surface area contributed by atoms with Gasteiger partial charge in [0.05, 0.1) is 5.92 Å². The first-order chi connectivity index (χ1) is 20.1. The van der Waals surface area contributed by atoms with Crippen LogP contribution in [-0.2, 0) is 17.6 Å². The van der Waals surface area contributed by atoms with Gasteiger partial charge >= 0.3 is 5.97 Å². The van der Waals surface area contributed by atoms with E-state index in [2.05, 4.69) is 72.8 Å². The molecule has 1 atom stereocenters. The number of hydrogen-bond acceptors (Lipinski definition) is 2. The number of fused-ring (bicyclic) bond motifs is 1. The van der Waals surface area contributed by atoms with Crippen LogP contribution < -0.4 is 0 Å². The van der Waals surface area contributed by atoms with Crippen LogP contribution in [0.2, 0.25) is 0 Å². The second-order valence-corrected chi connectivity index (χ2v) is 10.3. The largest absolute Gasteiger partial charge is 0.481 e. The third kappa shape index (κ3) is 6.05. The van der Waals surface area contributed by atoms with E-state index in [-0.39, 0.29) is 0 Å². The summed E-state index contributed by atoms with van der Waals surface area (Å²) in [5.41, 5.74) is 8.59. The van der Waals surface area contributed by atoms with Crippen LogP contribution in [0.25, 0.3) is 39.3 Å². The van der Waals surface area contributed by atoms with Crippen molar-refractivity contribution in [1.29, 1.82) is 0 Å². The van der Waals surface area contributed by atoms with Crippen LogP contribution in [0, 0.1) is 5.92 Å². The average Bonchev–Trinajstić information content (AvgIpc) is 3.38. The maximum atomic E-state index is 11.8. The van der Waals surface area contributed by atoms with Gasteiger partial charge in [0.25, 0.3) is 0 Å². The van der Waals surface area contributed by atoms with Gasteiger partial charge in [0, 0.05) is 17.4 Å². The quantitative estimate of drug-likeness (QED) is 0.201. The molecule has 0 aliphatic rings. The molecule has 0 unspecified atom stereocenters. The van der Waals surface area contributed by atoms with Crippen molar-refractivity contribution in [3.8, 4) is 22.3 Å². The summed E-state index contributed by atoms with van der Waals surface area (Å²) in [5.74, 6) is -0.428. The number of hydrogen-bond donors (Lipinski definition) is 1. The molecule has 0 amide bonds. The fraction of sp³-hybridized carbons (Fsp3) is 0.0789. The van der Waals surface area contributed by atoms with Crippen molar-refractivity contribution >= 4 is 23.0 Å². The number of aliphatic carboxylic acids is 1. The smallest absolute Gasteiger partial charge is 0.310 e. The molecule has 0 saturated carbocycles. The first-order valence-corrected chi connectivity index (χ1v) is 13.8. The second kappa shape index (κ2) is 11.9. The monoisotopic (exact) mass is 534 g/mol. The Balaban J connectivity index is 1.22. The minimum Gasteiger partial charge on any atom is -0.481 e. The summed E-state index contributed by atoms with van der Waals surface area (Å²) in [4.78, 5) is 11.8. The minimum absolute atomic E-state index is 0.468. The molecule has 41 heavy (non-hydrogen) atoms. The SMILES string of the molecule is O=C(O)[C@@H](/C=C/c1ccc(-c2ccc(-c3c(Cc4ccccc4)oc4ccccc34)cc2)cc1)Cc1ccccc1. The van der Waals surface area contributed by atoms with Gasteiger partial charge in [-0.2, -0.15) is 0 Å². The van der Waals surface area contributed by atoms with Gasteiger partial charge in [-0.25, -0.2) is 0 Å². The molecule has 3 nitrogen and oxygen atoms in total. The molecule has 0 fully saturated rings. The average molecular weight is 535 g/mol. The Bertz CT molecular complexity index is 1780. The summed E-state index contributed by atoms with van der Waals surface area (Å²) in [6.07, 6.45) is 4.88. The molecule has 0 bridgehead atoms. The zero-order chi connectivity index (χ0) is 28.0. The van der Waals surface area contributed by atoms with E-state index in [9.17, 15) is 9.90 Å². The van der Waals surface area contributed by atoms with Gasteiger partial charge < -0.3 is 9.52 Å². The summed E-state index contributed by atoms with van der Waals surface area (Å²) in [6.45, 7) is 0. The molecule has 3 heteroatoms. The van der Waals surface area contributed by atoms with Gasteiger partial charge in [-0.1, -0.05) is 140 Å². The molecule has 1 heterocycles. The normalized spacial score (nSPS) is 12.1. The molecule has 1 aromatic heterocycles. The summed E-state index contributed by atoms with van der Waals surface area (Å²) < 4.78 is 6.33. The van der Waals surface area contributed by atoms with Crippen molar-refractivity contribution in [3.63, 3.8) is 0 Å². The minimum atomic E-state index is -0.820. The number of carboxylic acids is 1. The highest BCUT2D eigenvalue weighted by molar-refractivity contribution is 5.96. The molecule has 0 spiro atoms. The molecule has 6 rings (SSSR count). The third-order valence-corrected chi connectivity index (χ3v) is 7.43. The van der Waals surface area contributed by atoms with E-state index in [4.69, 9.17) is 4.42 Å². The Morgan fingerprint density at radius 3 is 1.88 bits per heavy atom. The van der Waals surface area contributed by atoms with Crippen molar-refractivity contribution in [2.24, 2.45) is 5.92 Å². The Morgan fingerprint density at radius 1 is 0.659 bits per heavy atom. The lowest BCUT2D eigenvalue weighted by Crippen LogP contribution is -2.13. The predicted molar refractivity (Wildman–Crippen MR) is 167 cm³/mol. The van der Waals surface area contributed by atoms with E-state index in [1.807, 2.05) is 66.7 Å². The van der Waals surface area contributed by atoms with Crippen LogP contribution in [0.1, 0.15) is 22.5 Å². The maximum absolute atomic E-state index is 11.8. The summed E-state index contributed by atoms with van der Waals surface area (Å²) in [6, 6.07) is 45.2. The number of para-hydroxylation sites is 1. The standard InChI is InChI=1S/C38H30O3/c39-38(40)33(25-28-9-3-1-4-10-28)20-17-27-15-18-30(19-16-27)31-21-23-32(24-22-31)37-34-13-7-8-14-35(34)41-36(37)26-29-11-5-2-6-12-29/h1-24,33H,25-26H2,(H,39,40)/b20-17+/t33-/m0/s1. The highest BCUT2D eigenvalue weighted by Crippen LogP contribution is 2.37. The van der Waals surface area contributed by atoms with Crippen LogP contribution in [-0.4, -0.2) is 11.1 Å². The van der Waals surface area contributed by atoms with Gasteiger partial charge in [0.15, 0.2) is 0 Å². The van der Waals surface area contributed by atoms with Gasteiger partial charge in [-0.3, -0.25) is 4.79 Å². The highest BCUT2D eigenvalue weighted by Gasteiger charge is 2.17. The van der Waals surface area contributed by atoms with Crippen molar-refractivity contribution in [2.45, 2.75) is 12.8 Å². The number of rotatable bonds is 9. The summed E-state index contributed by atoms with van der Waals surface area (Å²) in [5, 5.41) is 10.8. The van der Waals surface area contributed by atoms with Crippen molar-refractivity contribution in [2.75, 3.05) is 0 Å². The maximum Gasteiger partial charge on any atom is 0.310 e. The Labute approximate surface area is 240 Å². The lowest BCUT2D eigenvalue weighted by Gasteiger charge is -2.08. The molecule has 0 saturated heterocycles. The lowest BCUT2D eigenvalue weighted by molar-refractivity contribution is -0.140. The summed E-state index contributed by atoms with van der Waals surface area (Å²) >= 11 is 0. The fourth-order valence-corrected chi connectivity index (χ4v) is 5.27. The van der Waals surface area contributed by atoms with E-state index in [0.717, 1.165) is 56.5 Å². The van der Waals surface area contributed by atoms with E-state index in [1.165, 1.54) is 5.56 Å². The van der Waals surface area contributed by atoms with Gasteiger partial charge in [-0.15, -0.1) is 0 Å². The Hall–Kier alpha value is -5.15.